The minimum atomic E-state index is -2.39. The molecule has 1 saturated heterocycles. The average molecular weight is 690 g/mol. The van der Waals surface area contributed by atoms with Gasteiger partial charge in [0, 0.05) is 22.3 Å². The van der Waals surface area contributed by atoms with Crippen LogP contribution < -0.4 is 16.4 Å². The molecule has 2 unspecified atom stereocenters. The molecular formula is C35H42F3N3O8. The van der Waals surface area contributed by atoms with Crippen molar-refractivity contribution in [2.75, 3.05) is 13.3 Å². The van der Waals surface area contributed by atoms with E-state index in [-0.39, 0.29) is 24.8 Å². The summed E-state index contributed by atoms with van der Waals surface area (Å²) in [7, 11) is 0. The Bertz CT molecular complexity index is 1620. The van der Waals surface area contributed by atoms with Gasteiger partial charge in [-0.1, -0.05) is 25.1 Å². The zero-order valence-electron chi connectivity index (χ0n) is 27.7. The Morgan fingerprint density at radius 2 is 1.90 bits per heavy atom. The Balaban J connectivity index is 1.29. The molecule has 6 rings (SSSR count). The molecule has 1 aliphatic heterocycles. The zero-order valence-corrected chi connectivity index (χ0v) is 27.7. The summed E-state index contributed by atoms with van der Waals surface area (Å²) in [5.41, 5.74) is -1.34. The first-order valence-corrected chi connectivity index (χ1v) is 16.5. The second-order valence-corrected chi connectivity index (χ2v) is 14.4. The van der Waals surface area contributed by atoms with Gasteiger partial charge in [-0.3, -0.25) is 19.2 Å². The van der Waals surface area contributed by atoms with Crippen LogP contribution in [0.15, 0.2) is 48.1 Å². The molecule has 4 aliphatic carbocycles. The number of benzene rings is 1. The SMILES string of the molecule is CC(N)C(=O)NC(C)C(=O)NCOCC(=O)[C@@]12O[C@H](c3cccc(F)c3)O[C@@H]1C[C@H]1[C@@H]3C[C@H](F)C4=CC(=O)C=C[C@]4(C)[C@@]3(F)[C@@H](O)C[C@@]12C. The number of fused-ring (bicyclic) bond motifs is 7. The number of hydrogen-bond donors (Lipinski definition) is 4. The van der Waals surface area contributed by atoms with Gasteiger partial charge < -0.3 is 35.7 Å². The van der Waals surface area contributed by atoms with Crippen LogP contribution in [0.5, 0.6) is 0 Å². The molecule has 0 bridgehead atoms. The van der Waals surface area contributed by atoms with Crippen LogP contribution >= 0.6 is 0 Å². The van der Waals surface area contributed by atoms with Gasteiger partial charge in [0.05, 0.1) is 18.2 Å². The number of nitrogens with two attached hydrogens (primary N) is 1. The lowest BCUT2D eigenvalue weighted by atomic mass is 9.44. The molecule has 11 nitrogen and oxygen atoms in total. The molecule has 1 aromatic carbocycles. The molecule has 266 valence electrons. The lowest BCUT2D eigenvalue weighted by Gasteiger charge is -2.63. The largest absolute Gasteiger partial charge is 0.390 e. The monoisotopic (exact) mass is 689 g/mol. The Labute approximate surface area is 281 Å². The van der Waals surface area contributed by atoms with E-state index < -0.39 is 113 Å². The molecule has 5 aliphatic rings. The van der Waals surface area contributed by atoms with Crippen molar-refractivity contribution >= 4 is 23.4 Å². The van der Waals surface area contributed by atoms with E-state index in [0.29, 0.717) is 5.56 Å². The van der Waals surface area contributed by atoms with Crippen molar-refractivity contribution in [3.05, 3.63) is 59.4 Å². The van der Waals surface area contributed by atoms with Crippen LogP contribution in [-0.2, 0) is 33.4 Å². The fraction of sp³-hybridized carbons (Fsp3) is 0.600. The van der Waals surface area contributed by atoms with Crippen molar-refractivity contribution < 1.29 is 51.7 Å². The average Bonchev–Trinajstić information content (AvgIpc) is 3.55. The summed E-state index contributed by atoms with van der Waals surface area (Å²) >= 11 is 0. The van der Waals surface area contributed by atoms with Gasteiger partial charge in [-0.15, -0.1) is 0 Å². The number of allylic oxidation sites excluding steroid dienone is 4. The normalized spacial score (nSPS) is 40.3. The number of aliphatic hydroxyl groups excluding tert-OH is 1. The smallest absolute Gasteiger partial charge is 0.244 e. The van der Waals surface area contributed by atoms with Crippen LogP contribution in [0, 0.1) is 28.5 Å². The fourth-order valence-electron chi connectivity index (χ4n) is 9.19. The van der Waals surface area contributed by atoms with Gasteiger partial charge in [-0.25, -0.2) is 13.2 Å². The number of carbonyl (C=O) groups is 4. The van der Waals surface area contributed by atoms with Crippen LogP contribution in [-0.4, -0.2) is 83.6 Å². The standard InChI is InChI=1S/C35H42F3N3O8/c1-17(39)29(45)41-18(2)30(46)40-16-47-15-27(44)35-28(48-31(49-35)19-6-5-7-20(36)10-19)13-22-23-12-25(37)24-11-21(42)8-9-32(24,3)34(23,38)26(43)14-33(22,35)4/h5-11,17-18,22-23,25-26,28,31,43H,12-16,39H2,1-4H3,(H,40,46)(H,41,45)/t17?,18?,22-,23-,25-,26-,28+,31+,32-,33-,34-,35+/m0/s1. The third kappa shape index (κ3) is 5.29. The first-order valence-electron chi connectivity index (χ1n) is 16.5. The van der Waals surface area contributed by atoms with Crippen LogP contribution in [0.2, 0.25) is 0 Å². The first kappa shape index (κ1) is 35.4. The highest BCUT2D eigenvalue weighted by Gasteiger charge is 2.80. The number of halogens is 3. The van der Waals surface area contributed by atoms with Crippen LogP contribution in [0.3, 0.4) is 0 Å². The van der Waals surface area contributed by atoms with Gasteiger partial charge in [0.25, 0.3) is 0 Å². The third-order valence-corrected chi connectivity index (χ3v) is 11.7. The summed E-state index contributed by atoms with van der Waals surface area (Å²) in [6.07, 6.45) is -2.48. The van der Waals surface area contributed by atoms with Crippen molar-refractivity contribution in [3.63, 3.8) is 0 Å². The molecular weight excluding hydrogens is 647 g/mol. The fourth-order valence-corrected chi connectivity index (χ4v) is 9.19. The molecule has 1 aromatic rings. The molecule has 0 spiro atoms. The quantitative estimate of drug-likeness (QED) is 0.225. The summed E-state index contributed by atoms with van der Waals surface area (Å²) in [4.78, 5) is 50.9. The third-order valence-electron chi connectivity index (χ3n) is 11.7. The van der Waals surface area contributed by atoms with E-state index in [4.69, 9.17) is 19.9 Å². The molecule has 49 heavy (non-hydrogen) atoms. The van der Waals surface area contributed by atoms with Crippen molar-refractivity contribution in [2.24, 2.45) is 28.4 Å². The van der Waals surface area contributed by atoms with Gasteiger partial charge in [0.1, 0.15) is 31.4 Å². The van der Waals surface area contributed by atoms with Gasteiger partial charge in [0.2, 0.25) is 11.8 Å². The molecule has 0 aromatic heterocycles. The second-order valence-electron chi connectivity index (χ2n) is 14.4. The summed E-state index contributed by atoms with van der Waals surface area (Å²) in [6, 6.07) is 3.73. The molecule has 3 saturated carbocycles. The molecule has 5 N–H and O–H groups in total. The number of Topliss-reactive ketones (excluding diaryl/α,β-unsaturated/α-hetero) is 1. The van der Waals surface area contributed by atoms with E-state index in [1.165, 1.54) is 51.1 Å². The van der Waals surface area contributed by atoms with E-state index >= 15 is 8.78 Å². The predicted molar refractivity (Wildman–Crippen MR) is 167 cm³/mol. The topological polar surface area (TPSA) is 166 Å². The second kappa shape index (κ2) is 12.4. The highest BCUT2D eigenvalue weighted by Crippen LogP contribution is 2.72. The van der Waals surface area contributed by atoms with Crippen molar-refractivity contribution in [1.82, 2.24) is 10.6 Å². The lowest BCUT2D eigenvalue weighted by molar-refractivity contribution is -0.235. The Morgan fingerprint density at radius 3 is 2.59 bits per heavy atom. The molecule has 1 heterocycles. The highest BCUT2D eigenvalue weighted by molar-refractivity contribution is 6.01. The summed E-state index contributed by atoms with van der Waals surface area (Å²) < 4.78 is 66.3. The van der Waals surface area contributed by atoms with Crippen molar-refractivity contribution in [1.29, 1.82) is 0 Å². The van der Waals surface area contributed by atoms with Gasteiger partial charge in [-0.05, 0) is 75.8 Å². The van der Waals surface area contributed by atoms with Gasteiger partial charge >= 0.3 is 0 Å². The zero-order chi connectivity index (χ0) is 35.7. The number of rotatable bonds is 9. The summed E-state index contributed by atoms with van der Waals surface area (Å²) in [5.74, 6) is -4.57. The van der Waals surface area contributed by atoms with Crippen LogP contribution in [0.1, 0.15) is 58.8 Å². The molecule has 12 atom stereocenters. The Morgan fingerprint density at radius 1 is 1.16 bits per heavy atom. The Kier molecular flexibility index (Phi) is 8.97. The number of ketones is 2. The van der Waals surface area contributed by atoms with Crippen molar-refractivity contribution in [3.8, 4) is 0 Å². The van der Waals surface area contributed by atoms with Crippen LogP contribution in [0.4, 0.5) is 13.2 Å². The predicted octanol–water partition coefficient (Wildman–Crippen LogP) is 2.42. The number of nitrogens with one attached hydrogen (secondary N) is 2. The van der Waals surface area contributed by atoms with E-state index in [1.807, 2.05) is 0 Å². The number of amides is 2. The maximum absolute atomic E-state index is 17.7. The summed E-state index contributed by atoms with van der Waals surface area (Å²) in [6.45, 7) is 5.09. The molecule has 4 fully saturated rings. The maximum Gasteiger partial charge on any atom is 0.244 e. The summed E-state index contributed by atoms with van der Waals surface area (Å²) in [5, 5.41) is 16.7. The first-order chi connectivity index (χ1) is 23.0. The number of alkyl halides is 2. The maximum atomic E-state index is 17.7. The van der Waals surface area contributed by atoms with E-state index in [9.17, 15) is 28.7 Å². The molecule has 14 heteroatoms. The van der Waals surface area contributed by atoms with E-state index in [0.717, 1.165) is 6.08 Å². The van der Waals surface area contributed by atoms with Gasteiger partial charge in [-0.2, -0.15) is 0 Å². The van der Waals surface area contributed by atoms with E-state index in [1.54, 1.807) is 13.0 Å². The minimum absolute atomic E-state index is 0.0223. The number of hydrogen-bond acceptors (Lipinski definition) is 9. The lowest BCUT2D eigenvalue weighted by Crippen LogP contribution is -2.70. The molecule has 2 amide bonds. The highest BCUT2D eigenvalue weighted by atomic mass is 19.1. The number of carbonyl (C=O) groups excluding carboxylic acids is 4. The number of aliphatic hydroxyl groups is 1. The Hall–Kier alpha value is -3.43. The van der Waals surface area contributed by atoms with E-state index in [2.05, 4.69) is 10.6 Å². The van der Waals surface area contributed by atoms with Crippen molar-refractivity contribution in [2.45, 2.75) is 95.0 Å². The minimum Gasteiger partial charge on any atom is -0.390 e. The van der Waals surface area contributed by atoms with Gasteiger partial charge in [0.15, 0.2) is 29.1 Å². The molecule has 0 radical (unpaired) electrons. The number of ether oxygens (including phenoxy) is 3. The van der Waals surface area contributed by atoms with Crippen LogP contribution in [0.25, 0.3) is 0 Å².